The maximum absolute atomic E-state index is 13.7. The lowest BCUT2D eigenvalue weighted by Gasteiger charge is -2.33. The van der Waals surface area contributed by atoms with Gasteiger partial charge in [-0.3, -0.25) is 9.10 Å². The number of nitrogens with zero attached hydrogens (tertiary/aromatic N) is 2. The molecule has 1 amide bonds. The summed E-state index contributed by atoms with van der Waals surface area (Å²) in [6.45, 7) is 7.52. The van der Waals surface area contributed by atoms with Gasteiger partial charge in [-0.25, -0.2) is 17.2 Å². The van der Waals surface area contributed by atoms with Gasteiger partial charge >= 0.3 is 0 Å². The molecule has 2 aromatic rings. The Balaban J connectivity index is 1.72. The number of piperidine rings is 1. The van der Waals surface area contributed by atoms with Crippen LogP contribution in [0.3, 0.4) is 0 Å². The van der Waals surface area contributed by atoms with Crippen LogP contribution in [0.4, 0.5) is 20.2 Å². The van der Waals surface area contributed by atoms with Crippen molar-refractivity contribution in [3.63, 3.8) is 0 Å². The number of hydrogen-bond donors (Lipinski definition) is 1. The number of carbonyl (C=O) groups is 1. The fourth-order valence-corrected chi connectivity index (χ4v) is 5.41. The van der Waals surface area contributed by atoms with E-state index in [9.17, 15) is 22.0 Å². The van der Waals surface area contributed by atoms with E-state index in [0.717, 1.165) is 53.1 Å². The van der Waals surface area contributed by atoms with Gasteiger partial charge in [-0.2, -0.15) is 0 Å². The van der Waals surface area contributed by atoms with Crippen molar-refractivity contribution >= 4 is 27.3 Å². The van der Waals surface area contributed by atoms with E-state index in [4.69, 9.17) is 0 Å². The molecule has 3 unspecified atom stereocenters. The smallest absolute Gasteiger partial charge is 0.244 e. The maximum Gasteiger partial charge on any atom is 0.244 e. The van der Waals surface area contributed by atoms with Crippen LogP contribution in [0.5, 0.6) is 0 Å². The third-order valence-corrected chi connectivity index (χ3v) is 7.26. The Morgan fingerprint density at radius 3 is 2.36 bits per heavy atom. The van der Waals surface area contributed by atoms with E-state index in [1.807, 2.05) is 31.2 Å². The quantitative estimate of drug-likeness (QED) is 0.645. The van der Waals surface area contributed by atoms with Gasteiger partial charge in [-0.05, 0) is 62.4 Å². The lowest BCUT2D eigenvalue weighted by Crippen LogP contribution is -2.48. The summed E-state index contributed by atoms with van der Waals surface area (Å²) >= 11 is 0. The van der Waals surface area contributed by atoms with Crippen molar-refractivity contribution in [2.24, 2.45) is 5.92 Å². The zero-order valence-electron chi connectivity index (χ0n) is 19.4. The first-order valence-corrected chi connectivity index (χ1v) is 12.9. The highest BCUT2D eigenvalue weighted by Gasteiger charge is 2.30. The second-order valence-corrected chi connectivity index (χ2v) is 10.7. The van der Waals surface area contributed by atoms with Gasteiger partial charge in [0.1, 0.15) is 6.04 Å². The lowest BCUT2D eigenvalue weighted by atomic mass is 9.99. The molecule has 0 saturated carbocycles. The van der Waals surface area contributed by atoms with E-state index in [1.165, 1.54) is 19.8 Å². The summed E-state index contributed by atoms with van der Waals surface area (Å²) in [6.07, 6.45) is 3.33. The lowest BCUT2D eigenvalue weighted by molar-refractivity contribution is -0.122. The van der Waals surface area contributed by atoms with E-state index < -0.39 is 33.6 Å². The van der Waals surface area contributed by atoms with Crippen molar-refractivity contribution in [1.82, 2.24) is 5.32 Å². The Morgan fingerprint density at radius 1 is 1.12 bits per heavy atom. The van der Waals surface area contributed by atoms with Gasteiger partial charge in [0.2, 0.25) is 15.9 Å². The molecule has 0 aliphatic carbocycles. The Labute approximate surface area is 194 Å². The van der Waals surface area contributed by atoms with Crippen LogP contribution in [0.1, 0.15) is 45.2 Å². The molecular weight excluding hydrogens is 448 g/mol. The van der Waals surface area contributed by atoms with Crippen LogP contribution in [0, 0.1) is 17.6 Å². The van der Waals surface area contributed by atoms with Crippen LogP contribution in [0.15, 0.2) is 42.5 Å². The van der Waals surface area contributed by atoms with Gasteiger partial charge in [0.25, 0.3) is 0 Å². The van der Waals surface area contributed by atoms with Crippen molar-refractivity contribution < 1.29 is 22.0 Å². The summed E-state index contributed by atoms with van der Waals surface area (Å²) in [7, 11) is -3.94. The van der Waals surface area contributed by atoms with E-state index in [2.05, 4.69) is 17.1 Å². The molecule has 9 heteroatoms. The molecule has 1 fully saturated rings. The molecule has 3 atom stereocenters. The number of halogens is 2. The number of anilines is 2. The number of carbonyl (C=O) groups excluding carboxylic acids is 1. The predicted octanol–water partition coefficient (Wildman–Crippen LogP) is 4.23. The molecular formula is C24H31F2N3O3S. The summed E-state index contributed by atoms with van der Waals surface area (Å²) in [5.74, 6) is -2.18. The van der Waals surface area contributed by atoms with Gasteiger partial charge in [0, 0.05) is 24.8 Å². The average molecular weight is 480 g/mol. The molecule has 1 heterocycles. The van der Waals surface area contributed by atoms with Gasteiger partial charge in [-0.1, -0.05) is 19.1 Å². The molecule has 0 aromatic heterocycles. The highest BCUT2D eigenvalue weighted by atomic mass is 32.2. The molecule has 1 saturated heterocycles. The average Bonchev–Trinajstić information content (AvgIpc) is 2.75. The molecule has 180 valence electrons. The summed E-state index contributed by atoms with van der Waals surface area (Å²) < 4.78 is 52.6. The maximum atomic E-state index is 13.7. The van der Waals surface area contributed by atoms with Crippen LogP contribution in [0.2, 0.25) is 0 Å². The zero-order valence-corrected chi connectivity index (χ0v) is 20.2. The van der Waals surface area contributed by atoms with Crippen LogP contribution in [0.25, 0.3) is 0 Å². The Bertz CT molecular complexity index is 1090. The van der Waals surface area contributed by atoms with E-state index in [0.29, 0.717) is 5.92 Å². The van der Waals surface area contributed by atoms with Crippen LogP contribution < -0.4 is 14.5 Å². The summed E-state index contributed by atoms with van der Waals surface area (Å²) in [5.41, 5.74) is 1.90. The van der Waals surface area contributed by atoms with Crippen molar-refractivity contribution in [3.8, 4) is 0 Å². The van der Waals surface area contributed by atoms with Gasteiger partial charge in [-0.15, -0.1) is 0 Å². The number of rotatable bonds is 7. The zero-order chi connectivity index (χ0) is 24.3. The summed E-state index contributed by atoms with van der Waals surface area (Å²) in [4.78, 5) is 15.3. The molecule has 1 aliphatic rings. The number of amides is 1. The minimum absolute atomic E-state index is 0.119. The fourth-order valence-electron chi connectivity index (χ4n) is 4.25. The van der Waals surface area contributed by atoms with E-state index >= 15 is 0 Å². The van der Waals surface area contributed by atoms with Crippen molar-refractivity contribution in [1.29, 1.82) is 0 Å². The van der Waals surface area contributed by atoms with E-state index in [-0.39, 0.29) is 11.7 Å². The molecule has 6 nitrogen and oxygen atoms in total. The number of benzene rings is 2. The molecule has 1 aliphatic heterocycles. The minimum Gasteiger partial charge on any atom is -0.371 e. The molecule has 0 radical (unpaired) electrons. The standard InChI is InChI=1S/C24H31F2N3O3S/c1-16-6-5-13-28(15-16)20-9-7-19(8-10-20)17(2)27-24(30)18(3)29(33(4,31)32)21-11-12-22(25)23(26)14-21/h7-12,14,16-18H,5-6,13,15H2,1-4H3,(H,27,30). The third kappa shape index (κ3) is 6.01. The predicted molar refractivity (Wildman–Crippen MR) is 127 cm³/mol. The van der Waals surface area contributed by atoms with Crippen molar-refractivity contribution in [2.45, 2.75) is 45.7 Å². The van der Waals surface area contributed by atoms with Gasteiger partial charge in [0.15, 0.2) is 11.6 Å². The molecule has 0 spiro atoms. The minimum atomic E-state index is -3.94. The topological polar surface area (TPSA) is 69.7 Å². The first kappa shape index (κ1) is 25.0. The first-order chi connectivity index (χ1) is 15.5. The van der Waals surface area contributed by atoms with Crippen LogP contribution >= 0.6 is 0 Å². The van der Waals surface area contributed by atoms with Gasteiger partial charge in [0.05, 0.1) is 18.0 Å². The SMILES string of the molecule is CC1CCCN(c2ccc(C(C)NC(=O)C(C)N(c3ccc(F)c(F)c3)S(C)(=O)=O)cc2)C1. The Hall–Kier alpha value is -2.68. The second kappa shape index (κ2) is 10.1. The molecule has 2 aromatic carbocycles. The summed E-state index contributed by atoms with van der Waals surface area (Å²) in [6, 6.07) is 9.16. The largest absolute Gasteiger partial charge is 0.371 e. The molecule has 1 N–H and O–H groups in total. The normalized spacial score (nSPS) is 18.5. The van der Waals surface area contributed by atoms with Crippen LogP contribution in [-0.2, 0) is 14.8 Å². The Kier molecular flexibility index (Phi) is 7.62. The van der Waals surface area contributed by atoms with Crippen molar-refractivity contribution in [3.05, 3.63) is 59.7 Å². The number of sulfonamides is 1. The number of nitrogens with one attached hydrogen (secondary N) is 1. The second-order valence-electron chi connectivity index (χ2n) is 8.85. The van der Waals surface area contributed by atoms with E-state index in [1.54, 1.807) is 0 Å². The molecule has 3 rings (SSSR count). The summed E-state index contributed by atoms with van der Waals surface area (Å²) in [5, 5.41) is 2.82. The third-order valence-electron chi connectivity index (χ3n) is 6.02. The highest BCUT2D eigenvalue weighted by Crippen LogP contribution is 2.26. The highest BCUT2D eigenvalue weighted by molar-refractivity contribution is 7.92. The first-order valence-electron chi connectivity index (χ1n) is 11.1. The molecule has 33 heavy (non-hydrogen) atoms. The number of hydrogen-bond acceptors (Lipinski definition) is 4. The Morgan fingerprint density at radius 2 is 1.79 bits per heavy atom. The van der Waals surface area contributed by atoms with Crippen LogP contribution in [-0.4, -0.2) is 39.7 Å². The van der Waals surface area contributed by atoms with Gasteiger partial charge < -0.3 is 10.2 Å². The monoisotopic (exact) mass is 479 g/mol. The molecule has 0 bridgehead atoms. The van der Waals surface area contributed by atoms with Crippen molar-refractivity contribution in [2.75, 3.05) is 28.6 Å². The fraction of sp³-hybridized carbons (Fsp3) is 0.458.